The Bertz CT molecular complexity index is 183. The van der Waals surface area contributed by atoms with Crippen LogP contribution in [0.5, 0.6) is 0 Å². The second-order valence-electron chi connectivity index (χ2n) is 2.71. The first-order chi connectivity index (χ1) is 8.88. The van der Waals surface area contributed by atoms with E-state index in [4.69, 9.17) is 0 Å². The minimum Gasteiger partial charge on any atom is -0.343 e. The van der Waals surface area contributed by atoms with Crippen LogP contribution in [0.15, 0.2) is 30.3 Å². The van der Waals surface area contributed by atoms with Gasteiger partial charge in [-0.1, -0.05) is 19.8 Å². The number of hydrogen-bond donors (Lipinski definition) is 0. The Balaban J connectivity index is -0.000000184. The van der Waals surface area contributed by atoms with Gasteiger partial charge in [0.25, 0.3) is 0 Å². The van der Waals surface area contributed by atoms with Gasteiger partial charge in [0, 0.05) is 0 Å². The van der Waals surface area contributed by atoms with Gasteiger partial charge in [-0.25, -0.2) is 0 Å². The average molecular weight is 810 g/mol. The van der Waals surface area contributed by atoms with Crippen molar-refractivity contribution < 1.29 is 29.4 Å². The first kappa shape index (κ1) is 27.7. The van der Waals surface area contributed by atoms with E-state index in [1.54, 1.807) is 0 Å². The second-order valence-corrected chi connectivity index (χ2v) is 70.7. The molecule has 1 aromatic carbocycles. The molecule has 0 aliphatic rings. The molecule has 112 valence electrons. The molecule has 0 fully saturated rings. The molecule has 0 atom stereocenters. The van der Waals surface area contributed by atoms with Crippen LogP contribution in [0.3, 0.4) is 0 Å². The number of hydrogen-bond acceptors (Lipinski definition) is 0. The van der Waals surface area contributed by atoms with Crippen molar-refractivity contribution in [2.75, 3.05) is 0 Å². The summed E-state index contributed by atoms with van der Waals surface area (Å²) in [6, 6.07) is 12.5. The van der Waals surface area contributed by atoms with Crippen LogP contribution >= 0.6 is 73.3 Å². The van der Waals surface area contributed by atoms with E-state index in [-0.39, 0.29) is 0 Å². The first-order valence-corrected chi connectivity index (χ1v) is 39.0. The third-order valence-electron chi connectivity index (χ3n) is 1.21. The fourth-order valence-corrected chi connectivity index (χ4v) is 0.592. The molecule has 0 heterocycles. The number of unbranched alkanes of at least 4 members (excludes halogenated alkanes) is 2. The molecule has 0 aromatic heterocycles. The molecule has 0 bridgehead atoms. The van der Waals surface area contributed by atoms with Gasteiger partial charge in [-0.3, -0.25) is 0 Å². The van der Waals surface area contributed by atoms with Crippen LogP contribution in [-0.2, 0) is 29.4 Å². The Morgan fingerprint density at radius 3 is 1.32 bits per heavy atom. The summed E-state index contributed by atoms with van der Waals surface area (Å²) >= 11 is 17.6. The largest absolute Gasteiger partial charge is 0.343 e. The van der Waals surface area contributed by atoms with Crippen molar-refractivity contribution in [3.05, 3.63) is 43.3 Å². The molecule has 0 aliphatic carbocycles. The van der Waals surface area contributed by atoms with Crippen molar-refractivity contribution in [3.8, 4) is 0 Å². The van der Waals surface area contributed by atoms with Crippen LogP contribution in [0.1, 0.15) is 26.2 Å². The van der Waals surface area contributed by atoms with Crippen molar-refractivity contribution in [2.24, 2.45) is 0 Å². The van der Waals surface area contributed by atoms with Gasteiger partial charge in [-0.05, 0) is 0 Å². The zero-order valence-electron chi connectivity index (χ0n) is 10.5. The fraction of sp³-hybridized carbons (Fsp3) is 0.364. The molecule has 0 spiro atoms. The summed E-state index contributed by atoms with van der Waals surface area (Å²) < 4.78 is 0. The van der Waals surface area contributed by atoms with Gasteiger partial charge in [0.15, 0.2) is 0 Å². The quantitative estimate of drug-likeness (QED) is 0.263. The molecule has 0 saturated carbocycles. The fourth-order valence-electron chi connectivity index (χ4n) is 0.592. The van der Waals surface area contributed by atoms with Crippen molar-refractivity contribution in [2.45, 2.75) is 26.2 Å². The van der Waals surface area contributed by atoms with Crippen LogP contribution in [0, 0.1) is 13.0 Å². The predicted molar refractivity (Wildman–Crippen MR) is 104 cm³/mol. The Kier molecular flexibility index (Phi) is 39.0. The molecule has 0 aliphatic heterocycles. The van der Waals surface area contributed by atoms with Crippen LogP contribution in [0.4, 0.5) is 0 Å². The topological polar surface area (TPSA) is 0 Å². The zero-order valence-corrected chi connectivity index (χ0v) is 24.9. The molecule has 0 N–H and O–H groups in total. The van der Waals surface area contributed by atoms with E-state index in [1.165, 1.54) is 12.8 Å². The van der Waals surface area contributed by atoms with E-state index in [0.717, 1.165) is 6.42 Å². The van der Waals surface area contributed by atoms with E-state index >= 15 is 0 Å². The van der Waals surface area contributed by atoms with E-state index in [0.29, 0.717) is 0 Å². The van der Waals surface area contributed by atoms with Crippen LogP contribution in [0.25, 0.3) is 0 Å². The Hall–Kier alpha value is 3.87. The summed E-state index contributed by atoms with van der Waals surface area (Å²) in [5.74, 6) is 0. The van der Waals surface area contributed by atoms with Gasteiger partial charge < -0.3 is 6.92 Å². The van der Waals surface area contributed by atoms with Gasteiger partial charge in [0.1, 0.15) is 0 Å². The summed E-state index contributed by atoms with van der Waals surface area (Å²) in [6.45, 7) is 5.85. The summed E-state index contributed by atoms with van der Waals surface area (Å²) in [6.07, 6.45) is 3.65. The van der Waals surface area contributed by atoms with Crippen molar-refractivity contribution in [1.29, 1.82) is 0 Å². The van der Waals surface area contributed by atoms with Crippen LogP contribution in [-0.4, -0.2) is 0 Å². The van der Waals surface area contributed by atoms with Gasteiger partial charge >= 0.3 is 103 Å². The summed E-state index contributed by atoms with van der Waals surface area (Å²) in [5.41, 5.74) is 0. The Labute approximate surface area is 168 Å². The molecular formula is C11H16Br6Zr2-2. The third kappa shape index (κ3) is 61.3. The van der Waals surface area contributed by atoms with Crippen LogP contribution < -0.4 is 0 Å². The van der Waals surface area contributed by atoms with Gasteiger partial charge in [0.05, 0.1) is 0 Å². The Morgan fingerprint density at radius 1 is 0.895 bits per heavy atom. The number of halogens is 6. The smallest absolute Gasteiger partial charge is 0.0586 e. The second kappa shape index (κ2) is 26.7. The van der Waals surface area contributed by atoms with Gasteiger partial charge in [0.2, 0.25) is 0 Å². The van der Waals surface area contributed by atoms with E-state index in [1.807, 2.05) is 30.3 Å². The zero-order chi connectivity index (χ0) is 15.5. The monoisotopic (exact) mass is 801 g/mol. The maximum absolute atomic E-state index is 3.68. The van der Waals surface area contributed by atoms with Gasteiger partial charge in [-0.15, -0.1) is 0 Å². The molecule has 19 heavy (non-hydrogen) atoms. The summed E-state index contributed by atoms with van der Waals surface area (Å²) in [7, 11) is 0. The molecule has 1 rings (SSSR count). The minimum absolute atomic E-state index is 1.09. The maximum atomic E-state index is 3.68. The SMILES string of the molecule is [Br][Zr]([Br])[Br].[Br][Zr]([Br])[Br].[CH2-]CCCC.[c-]1ccccc1. The average Bonchev–Trinajstić information content (AvgIpc) is 2.31. The van der Waals surface area contributed by atoms with E-state index < -0.39 is 29.4 Å². The maximum Gasteiger partial charge on any atom is -0.0586 e. The van der Waals surface area contributed by atoms with Crippen molar-refractivity contribution in [3.63, 3.8) is 0 Å². The summed E-state index contributed by atoms with van der Waals surface area (Å²) in [5, 5.41) is 0. The minimum atomic E-state index is -1.11. The number of rotatable bonds is 2. The van der Waals surface area contributed by atoms with Crippen molar-refractivity contribution >= 4 is 73.3 Å². The Morgan fingerprint density at radius 2 is 1.26 bits per heavy atom. The molecule has 0 amide bonds. The van der Waals surface area contributed by atoms with Crippen LogP contribution in [0.2, 0.25) is 0 Å². The van der Waals surface area contributed by atoms with Crippen molar-refractivity contribution in [1.82, 2.24) is 0 Å². The molecule has 0 radical (unpaired) electrons. The first-order valence-electron chi connectivity index (χ1n) is 5.25. The molecule has 0 saturated heterocycles. The number of benzene rings is 1. The molecule has 8 heteroatoms. The molecule has 1 aromatic rings. The normalized spacial score (nSPS) is 7.58. The van der Waals surface area contributed by atoms with E-state index in [2.05, 4.69) is 93.2 Å². The summed E-state index contributed by atoms with van der Waals surface area (Å²) in [4.78, 5) is 0. The standard InChI is InChI=1S/C6H5.C5H11.6BrH.2Zr/c1-2-4-6-5-3-1;1-3-5-4-2;;;;;;;;/h1-5H;1,3-5H2,2H3;6*1H;;/q2*-1;;;;;;;2*+3/p-6. The molecular weight excluding hydrogens is 794 g/mol. The molecule has 0 unspecified atom stereocenters. The predicted octanol–water partition coefficient (Wildman–Crippen LogP) is 8.57. The molecule has 0 nitrogen and oxygen atoms in total. The van der Waals surface area contributed by atoms with E-state index in [9.17, 15) is 0 Å². The third-order valence-corrected chi connectivity index (χ3v) is 1.21. The van der Waals surface area contributed by atoms with Gasteiger partial charge in [-0.2, -0.15) is 42.8 Å².